The van der Waals surface area contributed by atoms with Gasteiger partial charge in [-0.2, -0.15) is 0 Å². The molecule has 0 aliphatic carbocycles. The molecule has 1 aromatic carbocycles. The number of nitrogens with one attached hydrogen (secondary N) is 2. The topological polar surface area (TPSA) is 74.2 Å². The van der Waals surface area contributed by atoms with Gasteiger partial charge < -0.3 is 14.7 Å². The van der Waals surface area contributed by atoms with E-state index in [1.54, 1.807) is 12.3 Å². The Hall–Kier alpha value is -2.70. The molecule has 3 aromatic rings. The highest BCUT2D eigenvalue weighted by molar-refractivity contribution is 5.55. The molecular formula is C22H26N4O2. The zero-order valence-electron chi connectivity index (χ0n) is 16.1. The lowest BCUT2D eigenvalue weighted by Gasteiger charge is -2.22. The van der Waals surface area contributed by atoms with Crippen molar-refractivity contribution in [3.8, 4) is 11.4 Å². The molecule has 1 atom stereocenters. The summed E-state index contributed by atoms with van der Waals surface area (Å²) in [6.07, 6.45) is 3.89. The molecule has 2 N–H and O–H groups in total. The van der Waals surface area contributed by atoms with Crippen LogP contribution in [0.3, 0.4) is 0 Å². The molecule has 2 aromatic heterocycles. The van der Waals surface area contributed by atoms with Crippen LogP contribution in [-0.4, -0.2) is 35.0 Å². The van der Waals surface area contributed by atoms with Gasteiger partial charge in [0.2, 0.25) is 0 Å². The number of H-pyrrole nitrogens is 1. The molecule has 1 saturated heterocycles. The van der Waals surface area contributed by atoms with Gasteiger partial charge in [-0.25, -0.2) is 4.98 Å². The van der Waals surface area contributed by atoms with Crippen LogP contribution in [0.15, 0.2) is 57.9 Å². The molecule has 0 saturated carbocycles. The Morgan fingerprint density at radius 2 is 2.07 bits per heavy atom. The first kappa shape index (κ1) is 18.7. The van der Waals surface area contributed by atoms with Gasteiger partial charge >= 0.3 is 0 Å². The van der Waals surface area contributed by atoms with Gasteiger partial charge in [0.05, 0.1) is 18.5 Å². The van der Waals surface area contributed by atoms with Crippen LogP contribution < -0.4 is 10.9 Å². The van der Waals surface area contributed by atoms with E-state index >= 15 is 0 Å². The van der Waals surface area contributed by atoms with Gasteiger partial charge in [0.25, 0.3) is 5.56 Å². The van der Waals surface area contributed by atoms with Crippen LogP contribution >= 0.6 is 0 Å². The van der Waals surface area contributed by atoms with Crippen LogP contribution in [0.4, 0.5) is 0 Å². The van der Waals surface area contributed by atoms with E-state index in [4.69, 9.17) is 9.40 Å². The number of rotatable bonds is 6. The van der Waals surface area contributed by atoms with Crippen molar-refractivity contribution in [2.24, 2.45) is 0 Å². The second-order valence-corrected chi connectivity index (χ2v) is 7.51. The summed E-state index contributed by atoms with van der Waals surface area (Å²) >= 11 is 0. The zero-order chi connectivity index (χ0) is 19.3. The molecule has 0 spiro atoms. The lowest BCUT2D eigenvalue weighted by atomic mass is 9.96. The SMILES string of the molecule is CN(Cc1ccc(-c2nc(C3CCCNC3)cc(=O)[nH]2)cc1)Cc1ccco1. The smallest absolute Gasteiger partial charge is 0.251 e. The molecule has 0 amide bonds. The van der Waals surface area contributed by atoms with Crippen molar-refractivity contribution in [2.45, 2.75) is 31.8 Å². The number of nitrogens with zero attached hydrogens (tertiary/aromatic N) is 2. The van der Waals surface area contributed by atoms with Crippen LogP contribution in [0.1, 0.15) is 35.8 Å². The van der Waals surface area contributed by atoms with E-state index in [9.17, 15) is 4.79 Å². The fraction of sp³-hybridized carbons (Fsp3) is 0.364. The molecule has 0 bridgehead atoms. The number of hydrogen-bond acceptors (Lipinski definition) is 5. The Morgan fingerprint density at radius 1 is 1.21 bits per heavy atom. The van der Waals surface area contributed by atoms with Crippen LogP contribution in [0, 0.1) is 0 Å². The van der Waals surface area contributed by atoms with Crippen molar-refractivity contribution in [3.63, 3.8) is 0 Å². The maximum absolute atomic E-state index is 12.2. The van der Waals surface area contributed by atoms with Crippen molar-refractivity contribution in [1.82, 2.24) is 20.2 Å². The Balaban J connectivity index is 1.47. The Bertz CT molecular complexity index is 941. The van der Waals surface area contributed by atoms with Crippen LogP contribution in [0.5, 0.6) is 0 Å². The molecule has 1 fully saturated rings. The van der Waals surface area contributed by atoms with E-state index in [-0.39, 0.29) is 5.56 Å². The third-order valence-electron chi connectivity index (χ3n) is 5.16. The fourth-order valence-corrected chi connectivity index (χ4v) is 3.73. The highest BCUT2D eigenvalue weighted by atomic mass is 16.3. The number of aromatic nitrogens is 2. The molecule has 1 aliphatic heterocycles. The summed E-state index contributed by atoms with van der Waals surface area (Å²) in [5, 5.41) is 3.39. The lowest BCUT2D eigenvalue weighted by Crippen LogP contribution is -2.29. The van der Waals surface area contributed by atoms with E-state index in [0.717, 1.165) is 56.0 Å². The standard InChI is InChI=1S/C22H26N4O2/c1-26(15-19-5-3-11-28-19)14-16-6-8-17(9-7-16)22-24-20(12-21(27)25-22)18-4-2-10-23-13-18/h3,5-9,11-12,18,23H,2,4,10,13-15H2,1H3,(H,24,25,27). The van der Waals surface area contributed by atoms with Gasteiger partial charge in [-0.1, -0.05) is 24.3 Å². The molecule has 28 heavy (non-hydrogen) atoms. The Kier molecular flexibility index (Phi) is 5.69. The van der Waals surface area contributed by atoms with E-state index in [2.05, 4.69) is 34.4 Å². The van der Waals surface area contributed by atoms with Gasteiger partial charge in [-0.05, 0) is 44.1 Å². The number of piperidine rings is 1. The zero-order valence-corrected chi connectivity index (χ0v) is 16.1. The lowest BCUT2D eigenvalue weighted by molar-refractivity contribution is 0.288. The van der Waals surface area contributed by atoms with E-state index < -0.39 is 0 Å². The van der Waals surface area contributed by atoms with Crippen LogP contribution in [-0.2, 0) is 13.1 Å². The fourth-order valence-electron chi connectivity index (χ4n) is 3.73. The predicted molar refractivity (Wildman–Crippen MR) is 109 cm³/mol. The molecule has 6 nitrogen and oxygen atoms in total. The normalized spacial score (nSPS) is 17.1. The molecule has 1 unspecified atom stereocenters. The van der Waals surface area contributed by atoms with Gasteiger partial charge in [-0.3, -0.25) is 9.69 Å². The van der Waals surface area contributed by atoms with E-state index in [1.165, 1.54) is 5.56 Å². The summed E-state index contributed by atoms with van der Waals surface area (Å²) < 4.78 is 5.40. The summed E-state index contributed by atoms with van der Waals surface area (Å²) in [5.41, 5.74) is 2.92. The van der Waals surface area contributed by atoms with Crippen molar-refractivity contribution in [3.05, 3.63) is 76.1 Å². The quantitative estimate of drug-likeness (QED) is 0.689. The maximum atomic E-state index is 12.2. The minimum atomic E-state index is -0.0900. The molecular weight excluding hydrogens is 352 g/mol. The summed E-state index contributed by atoms with van der Waals surface area (Å²) in [6, 6.07) is 13.7. The minimum absolute atomic E-state index is 0.0900. The van der Waals surface area contributed by atoms with Crippen LogP contribution in [0.25, 0.3) is 11.4 Å². The summed E-state index contributed by atoms with van der Waals surface area (Å²) in [5.74, 6) is 1.91. The van der Waals surface area contributed by atoms with Gasteiger partial charge in [0, 0.05) is 30.6 Å². The number of hydrogen-bond donors (Lipinski definition) is 2. The van der Waals surface area contributed by atoms with Gasteiger partial charge in [-0.15, -0.1) is 0 Å². The van der Waals surface area contributed by atoms with Gasteiger partial charge in [0.15, 0.2) is 0 Å². The average molecular weight is 378 g/mol. The summed E-state index contributed by atoms with van der Waals surface area (Å²) in [4.78, 5) is 22.0. The monoisotopic (exact) mass is 378 g/mol. The van der Waals surface area contributed by atoms with Crippen molar-refractivity contribution < 1.29 is 4.42 Å². The Labute approximate surface area is 164 Å². The first-order chi connectivity index (χ1) is 13.7. The molecule has 4 rings (SSSR count). The maximum Gasteiger partial charge on any atom is 0.251 e. The third-order valence-corrected chi connectivity index (χ3v) is 5.16. The Morgan fingerprint density at radius 3 is 2.79 bits per heavy atom. The van der Waals surface area contributed by atoms with Crippen LogP contribution in [0.2, 0.25) is 0 Å². The summed E-state index contributed by atoms with van der Waals surface area (Å²) in [7, 11) is 2.07. The summed E-state index contributed by atoms with van der Waals surface area (Å²) in [6.45, 7) is 3.51. The number of furan rings is 1. The molecule has 1 aliphatic rings. The molecule has 146 valence electrons. The van der Waals surface area contributed by atoms with E-state index in [1.807, 2.05) is 24.3 Å². The highest BCUT2D eigenvalue weighted by Gasteiger charge is 2.18. The first-order valence-corrected chi connectivity index (χ1v) is 9.79. The minimum Gasteiger partial charge on any atom is -0.468 e. The van der Waals surface area contributed by atoms with E-state index in [0.29, 0.717) is 11.7 Å². The predicted octanol–water partition coefficient (Wildman–Crippen LogP) is 3.13. The van der Waals surface area contributed by atoms with Crippen molar-refractivity contribution >= 4 is 0 Å². The number of benzene rings is 1. The largest absolute Gasteiger partial charge is 0.468 e. The molecule has 3 heterocycles. The first-order valence-electron chi connectivity index (χ1n) is 9.79. The average Bonchev–Trinajstić information content (AvgIpc) is 3.21. The number of aromatic amines is 1. The third kappa shape index (κ3) is 4.58. The molecule has 0 radical (unpaired) electrons. The highest BCUT2D eigenvalue weighted by Crippen LogP contribution is 2.23. The second-order valence-electron chi connectivity index (χ2n) is 7.51. The van der Waals surface area contributed by atoms with Crippen molar-refractivity contribution in [1.29, 1.82) is 0 Å². The second kappa shape index (κ2) is 8.54. The van der Waals surface area contributed by atoms with Gasteiger partial charge in [0.1, 0.15) is 11.6 Å². The van der Waals surface area contributed by atoms with Crippen molar-refractivity contribution in [2.75, 3.05) is 20.1 Å². The molecule has 6 heteroatoms.